The Morgan fingerprint density at radius 3 is 2.68 bits per heavy atom. The summed E-state index contributed by atoms with van der Waals surface area (Å²) in [5, 5.41) is 19.0. The minimum Gasteiger partial charge on any atom is -0.379 e. The summed E-state index contributed by atoms with van der Waals surface area (Å²) in [5.74, 6) is 0. The standard InChI is InChI=1S/C17H18N6OS/c1-2-23(21-7-9-24-10-8-21)17-20-22-12-15(19-16(22)25-17)14-5-3-13(11-18)4-6-14/h3-6,12H,2,7-10H2,1H3. The minimum absolute atomic E-state index is 0.647. The van der Waals surface area contributed by atoms with E-state index in [9.17, 15) is 0 Å². The molecule has 0 saturated carbocycles. The average Bonchev–Trinajstić information content (AvgIpc) is 3.22. The van der Waals surface area contributed by atoms with Crippen molar-refractivity contribution in [3.05, 3.63) is 36.0 Å². The number of hydrazine groups is 1. The average molecular weight is 354 g/mol. The Labute approximate surface area is 149 Å². The molecule has 1 aliphatic rings. The molecule has 3 aromatic rings. The van der Waals surface area contributed by atoms with Gasteiger partial charge in [0.1, 0.15) is 0 Å². The molecule has 2 aromatic heterocycles. The lowest BCUT2D eigenvalue weighted by Gasteiger charge is -2.36. The summed E-state index contributed by atoms with van der Waals surface area (Å²) in [6.07, 6.45) is 1.93. The van der Waals surface area contributed by atoms with Crippen molar-refractivity contribution in [3.63, 3.8) is 0 Å². The second kappa shape index (κ2) is 6.80. The maximum absolute atomic E-state index is 8.90. The molecule has 1 aromatic carbocycles. The number of benzene rings is 1. The molecule has 0 atom stereocenters. The number of hydrogen-bond acceptors (Lipinski definition) is 7. The van der Waals surface area contributed by atoms with E-state index in [1.165, 1.54) is 0 Å². The summed E-state index contributed by atoms with van der Waals surface area (Å²) in [5.41, 5.74) is 2.50. The van der Waals surface area contributed by atoms with Gasteiger partial charge in [-0.25, -0.2) is 14.5 Å². The largest absolute Gasteiger partial charge is 0.379 e. The lowest BCUT2D eigenvalue weighted by Crippen LogP contribution is -2.49. The van der Waals surface area contributed by atoms with Crippen molar-refractivity contribution < 1.29 is 4.74 Å². The molecule has 4 rings (SSSR count). The third-order valence-electron chi connectivity index (χ3n) is 4.19. The van der Waals surface area contributed by atoms with Crippen molar-refractivity contribution in [2.24, 2.45) is 0 Å². The van der Waals surface area contributed by atoms with E-state index >= 15 is 0 Å². The van der Waals surface area contributed by atoms with E-state index in [0.29, 0.717) is 5.56 Å². The van der Waals surface area contributed by atoms with E-state index < -0.39 is 0 Å². The van der Waals surface area contributed by atoms with E-state index in [1.54, 1.807) is 23.5 Å². The van der Waals surface area contributed by atoms with Crippen LogP contribution in [-0.4, -0.2) is 52.5 Å². The molecule has 0 spiro atoms. The summed E-state index contributed by atoms with van der Waals surface area (Å²) in [6.45, 7) is 6.25. The Balaban J connectivity index is 1.60. The normalized spacial score (nSPS) is 15.4. The lowest BCUT2D eigenvalue weighted by molar-refractivity contribution is 0.0321. The Hall–Kier alpha value is -2.47. The topological polar surface area (TPSA) is 69.7 Å². The van der Waals surface area contributed by atoms with Crippen molar-refractivity contribution in [2.75, 3.05) is 37.9 Å². The first-order valence-electron chi connectivity index (χ1n) is 8.25. The maximum Gasteiger partial charge on any atom is 0.222 e. The summed E-state index contributed by atoms with van der Waals surface area (Å²) >= 11 is 1.58. The molecule has 0 aliphatic carbocycles. The van der Waals surface area contributed by atoms with Crippen molar-refractivity contribution >= 4 is 21.4 Å². The fraction of sp³-hybridized carbons (Fsp3) is 0.353. The number of imidazole rings is 1. The van der Waals surface area contributed by atoms with Crippen LogP contribution in [0.4, 0.5) is 5.13 Å². The number of aromatic nitrogens is 3. The monoisotopic (exact) mass is 354 g/mol. The zero-order valence-electron chi connectivity index (χ0n) is 13.9. The minimum atomic E-state index is 0.647. The highest BCUT2D eigenvalue weighted by Crippen LogP contribution is 2.27. The van der Waals surface area contributed by atoms with Gasteiger partial charge in [-0.05, 0) is 19.1 Å². The molecule has 0 unspecified atom stereocenters. The van der Waals surface area contributed by atoms with Crippen molar-refractivity contribution in [1.29, 1.82) is 5.26 Å². The molecule has 3 heterocycles. The Morgan fingerprint density at radius 2 is 2.04 bits per heavy atom. The van der Waals surface area contributed by atoms with E-state index in [-0.39, 0.29) is 0 Å². The molecule has 1 saturated heterocycles. The molecule has 0 bridgehead atoms. The van der Waals surface area contributed by atoms with Gasteiger partial charge in [0.15, 0.2) is 0 Å². The molecular formula is C17H18N6OS. The molecule has 0 N–H and O–H groups in total. The molecule has 8 heteroatoms. The molecular weight excluding hydrogens is 336 g/mol. The summed E-state index contributed by atoms with van der Waals surface area (Å²) < 4.78 is 7.26. The number of ether oxygens (including phenoxy) is 1. The number of anilines is 1. The first-order valence-corrected chi connectivity index (χ1v) is 9.07. The predicted octanol–water partition coefficient (Wildman–Crippen LogP) is 2.40. The lowest BCUT2D eigenvalue weighted by atomic mass is 10.1. The smallest absolute Gasteiger partial charge is 0.222 e. The molecule has 0 amide bonds. The zero-order valence-corrected chi connectivity index (χ0v) is 14.7. The molecule has 7 nitrogen and oxygen atoms in total. The highest BCUT2D eigenvalue weighted by molar-refractivity contribution is 7.20. The third kappa shape index (κ3) is 3.09. The first-order chi connectivity index (χ1) is 12.3. The summed E-state index contributed by atoms with van der Waals surface area (Å²) in [4.78, 5) is 5.55. The Bertz CT molecular complexity index is 872. The van der Waals surface area contributed by atoms with Gasteiger partial charge in [0.2, 0.25) is 10.1 Å². The van der Waals surface area contributed by atoms with Crippen molar-refractivity contribution in [1.82, 2.24) is 19.6 Å². The molecule has 1 aliphatic heterocycles. The van der Waals surface area contributed by atoms with Crippen LogP contribution in [0.1, 0.15) is 12.5 Å². The highest BCUT2D eigenvalue weighted by Gasteiger charge is 2.21. The molecule has 128 valence electrons. The maximum atomic E-state index is 8.90. The molecule has 25 heavy (non-hydrogen) atoms. The van der Waals surface area contributed by atoms with Crippen LogP contribution in [0.5, 0.6) is 0 Å². The third-order valence-corrected chi connectivity index (χ3v) is 5.13. The number of morpholine rings is 1. The predicted molar refractivity (Wildman–Crippen MR) is 96.4 cm³/mol. The quantitative estimate of drug-likeness (QED) is 0.717. The van der Waals surface area contributed by atoms with Gasteiger partial charge >= 0.3 is 0 Å². The van der Waals surface area contributed by atoms with Gasteiger partial charge in [-0.3, -0.25) is 5.01 Å². The summed E-state index contributed by atoms with van der Waals surface area (Å²) in [7, 11) is 0. The first kappa shape index (κ1) is 16.0. The number of hydrogen-bond donors (Lipinski definition) is 0. The van der Waals surface area contributed by atoms with Gasteiger partial charge in [-0.1, -0.05) is 23.5 Å². The number of nitriles is 1. The second-order valence-corrected chi connectivity index (χ2v) is 6.64. The van der Waals surface area contributed by atoms with Crippen LogP contribution >= 0.6 is 11.3 Å². The van der Waals surface area contributed by atoms with Gasteiger partial charge in [-0.2, -0.15) is 5.26 Å². The zero-order chi connectivity index (χ0) is 17.2. The van der Waals surface area contributed by atoms with E-state index in [2.05, 4.69) is 28.0 Å². The number of fused-ring (bicyclic) bond motifs is 1. The van der Waals surface area contributed by atoms with Crippen LogP contribution in [0.15, 0.2) is 30.5 Å². The second-order valence-electron chi connectivity index (χ2n) is 5.71. The Morgan fingerprint density at radius 1 is 1.28 bits per heavy atom. The van der Waals surface area contributed by atoms with Gasteiger partial charge in [0.05, 0.1) is 36.7 Å². The van der Waals surface area contributed by atoms with E-state index in [1.807, 2.05) is 22.8 Å². The van der Waals surface area contributed by atoms with Crippen LogP contribution in [0.3, 0.4) is 0 Å². The van der Waals surface area contributed by atoms with Crippen LogP contribution in [-0.2, 0) is 4.74 Å². The fourth-order valence-corrected chi connectivity index (χ4v) is 3.87. The van der Waals surface area contributed by atoms with Gasteiger partial charge < -0.3 is 4.74 Å². The molecule has 1 fully saturated rings. The van der Waals surface area contributed by atoms with Crippen molar-refractivity contribution in [3.8, 4) is 17.3 Å². The van der Waals surface area contributed by atoms with Crippen molar-refractivity contribution in [2.45, 2.75) is 6.92 Å². The highest BCUT2D eigenvalue weighted by atomic mass is 32.1. The number of rotatable bonds is 4. The Kier molecular flexibility index (Phi) is 4.36. The van der Waals surface area contributed by atoms with Crippen LogP contribution in [0.2, 0.25) is 0 Å². The van der Waals surface area contributed by atoms with Gasteiger partial charge in [0, 0.05) is 25.2 Å². The van der Waals surface area contributed by atoms with Gasteiger partial charge in [0.25, 0.3) is 0 Å². The fourth-order valence-electron chi connectivity index (χ4n) is 2.90. The SMILES string of the molecule is CCN(c1nn2cc(-c3ccc(C#N)cc3)nc2s1)N1CCOCC1. The van der Waals surface area contributed by atoms with E-state index in [4.69, 9.17) is 15.1 Å². The van der Waals surface area contributed by atoms with Crippen LogP contribution in [0.25, 0.3) is 16.2 Å². The number of nitrogens with zero attached hydrogens (tertiary/aromatic N) is 6. The van der Waals surface area contributed by atoms with Gasteiger partial charge in [-0.15, -0.1) is 5.10 Å². The van der Waals surface area contributed by atoms with E-state index in [0.717, 1.165) is 54.2 Å². The molecule has 0 radical (unpaired) electrons. The summed E-state index contributed by atoms with van der Waals surface area (Å²) in [6, 6.07) is 9.57. The van der Waals surface area contributed by atoms with Crippen LogP contribution < -0.4 is 5.01 Å². The van der Waals surface area contributed by atoms with Crippen LogP contribution in [0, 0.1) is 11.3 Å².